The molecule has 1 heterocycles. The Kier molecular flexibility index (Phi) is 6.31. The summed E-state index contributed by atoms with van der Waals surface area (Å²) in [6.07, 6.45) is 0. The van der Waals surface area contributed by atoms with Crippen molar-refractivity contribution in [1.29, 1.82) is 5.26 Å². The molecule has 1 atom stereocenters. The van der Waals surface area contributed by atoms with E-state index >= 15 is 0 Å². The Hall–Kier alpha value is -1.24. The fourth-order valence-electron chi connectivity index (χ4n) is 3.05. The smallest absolute Gasteiger partial charge is 0.243 e. The summed E-state index contributed by atoms with van der Waals surface area (Å²) in [6, 6.07) is 9.21. The second kappa shape index (κ2) is 7.78. The Labute approximate surface area is 158 Å². The lowest BCUT2D eigenvalue weighted by molar-refractivity contribution is 0.0333. The Morgan fingerprint density at radius 2 is 1.85 bits per heavy atom. The summed E-state index contributed by atoms with van der Waals surface area (Å²) in [6.45, 7) is 12.0. The van der Waals surface area contributed by atoms with Crippen LogP contribution in [0, 0.1) is 18.3 Å². The van der Waals surface area contributed by atoms with Crippen LogP contribution in [0.4, 0.5) is 0 Å². The van der Waals surface area contributed by atoms with Crippen molar-refractivity contribution in [2.24, 2.45) is 0 Å². The lowest BCUT2D eigenvalue weighted by Crippen LogP contribution is -2.65. The van der Waals surface area contributed by atoms with Crippen LogP contribution < -0.4 is 0 Å². The largest absolute Gasteiger partial charge is 0.415 e. The van der Waals surface area contributed by atoms with Crippen molar-refractivity contribution in [2.75, 3.05) is 32.8 Å². The van der Waals surface area contributed by atoms with Gasteiger partial charge in [-0.15, -0.1) is 0 Å². The third-order valence-corrected chi connectivity index (χ3v) is 7.52. The molecule has 0 saturated carbocycles. The van der Waals surface area contributed by atoms with Crippen molar-refractivity contribution in [3.63, 3.8) is 0 Å². The van der Waals surface area contributed by atoms with Crippen molar-refractivity contribution in [3.8, 4) is 6.07 Å². The van der Waals surface area contributed by atoms with Gasteiger partial charge in [0.05, 0.1) is 17.6 Å². The van der Waals surface area contributed by atoms with Crippen LogP contribution >= 0.6 is 0 Å². The van der Waals surface area contributed by atoms with Gasteiger partial charge in [0.25, 0.3) is 0 Å². The summed E-state index contributed by atoms with van der Waals surface area (Å²) in [5.74, 6) is 0. The molecular formula is C18H29N3O3SSi. The average Bonchev–Trinajstić information content (AvgIpc) is 2.59. The Balaban J connectivity index is 2.32. The van der Waals surface area contributed by atoms with Crippen molar-refractivity contribution in [1.82, 2.24) is 9.21 Å². The van der Waals surface area contributed by atoms with E-state index in [1.165, 1.54) is 4.31 Å². The number of likely N-dealkylation sites (N-methyl/N-ethyl adjacent to an activating group) is 1. The highest BCUT2D eigenvalue weighted by Gasteiger charge is 2.46. The normalized spacial score (nSPS) is 22.9. The van der Waals surface area contributed by atoms with E-state index < -0.39 is 23.9 Å². The fraction of sp³-hybridized carbons (Fsp3) is 0.611. The number of sulfonamides is 1. The minimum Gasteiger partial charge on any atom is -0.415 e. The summed E-state index contributed by atoms with van der Waals surface area (Å²) in [7, 11) is -5.46. The SMILES string of the molecule is CCN1CCN(S(=O)(=O)c2ccc(C)cc2)C[C@@]1(C#N)CO[Si](C)(C)C. The number of piperazine rings is 1. The van der Waals surface area contributed by atoms with Crippen LogP contribution in [-0.4, -0.2) is 64.3 Å². The summed E-state index contributed by atoms with van der Waals surface area (Å²) in [4.78, 5) is 2.31. The first-order valence-corrected chi connectivity index (χ1v) is 13.8. The standard InChI is InChI=1S/C18H29N3O3SSi/c1-6-20-11-12-21(14-18(20,13-19)15-24-26(3,4)5)25(22,23)17-9-7-16(2)8-10-17/h7-10H,6,11-12,14-15H2,1-5H3/t18-/m0/s1. The van der Waals surface area contributed by atoms with Crippen molar-refractivity contribution in [2.45, 2.75) is 43.9 Å². The molecule has 0 aliphatic carbocycles. The number of hydrogen-bond acceptors (Lipinski definition) is 5. The van der Waals surface area contributed by atoms with Crippen LogP contribution in [0.1, 0.15) is 12.5 Å². The maximum atomic E-state index is 13.1. The van der Waals surface area contributed by atoms with Crippen LogP contribution in [0.25, 0.3) is 0 Å². The zero-order chi connectivity index (χ0) is 19.6. The van der Waals surface area contributed by atoms with Gasteiger partial charge in [-0.2, -0.15) is 9.57 Å². The van der Waals surface area contributed by atoms with E-state index in [0.29, 0.717) is 19.6 Å². The summed E-state index contributed by atoms with van der Waals surface area (Å²) in [5.41, 5.74) is 0.0556. The van der Waals surface area contributed by atoms with E-state index in [2.05, 4.69) is 25.7 Å². The lowest BCUT2D eigenvalue weighted by atomic mass is 9.98. The van der Waals surface area contributed by atoms with E-state index in [-0.39, 0.29) is 18.0 Å². The van der Waals surface area contributed by atoms with Crippen LogP contribution in [0.15, 0.2) is 29.2 Å². The van der Waals surface area contributed by atoms with E-state index in [0.717, 1.165) is 5.56 Å². The molecule has 1 saturated heterocycles. The zero-order valence-corrected chi connectivity index (χ0v) is 18.1. The quantitative estimate of drug-likeness (QED) is 0.692. The van der Waals surface area contributed by atoms with Crippen molar-refractivity contribution >= 4 is 18.3 Å². The molecule has 1 aromatic carbocycles. The molecular weight excluding hydrogens is 366 g/mol. The highest BCUT2D eigenvalue weighted by atomic mass is 32.2. The van der Waals surface area contributed by atoms with Crippen LogP contribution in [0.5, 0.6) is 0 Å². The molecule has 1 fully saturated rings. The molecule has 0 N–H and O–H groups in total. The molecule has 26 heavy (non-hydrogen) atoms. The first-order chi connectivity index (χ1) is 12.0. The number of aryl methyl sites for hydroxylation is 1. The maximum absolute atomic E-state index is 13.1. The molecule has 0 bridgehead atoms. The minimum atomic E-state index is -3.63. The van der Waals surface area contributed by atoms with Gasteiger partial charge in [0.2, 0.25) is 10.0 Å². The van der Waals surface area contributed by atoms with Gasteiger partial charge < -0.3 is 4.43 Å². The molecule has 0 spiro atoms. The Morgan fingerprint density at radius 1 is 1.23 bits per heavy atom. The zero-order valence-electron chi connectivity index (χ0n) is 16.3. The minimum absolute atomic E-state index is 0.123. The first kappa shape index (κ1) is 21.1. The van der Waals surface area contributed by atoms with Gasteiger partial charge >= 0.3 is 0 Å². The number of rotatable bonds is 6. The number of benzene rings is 1. The summed E-state index contributed by atoms with van der Waals surface area (Å²) >= 11 is 0. The maximum Gasteiger partial charge on any atom is 0.243 e. The van der Waals surface area contributed by atoms with Crippen LogP contribution in [0.2, 0.25) is 19.6 Å². The molecule has 1 aliphatic heterocycles. The monoisotopic (exact) mass is 395 g/mol. The van der Waals surface area contributed by atoms with Gasteiger partial charge in [0.1, 0.15) is 5.54 Å². The van der Waals surface area contributed by atoms with Gasteiger partial charge in [-0.1, -0.05) is 24.6 Å². The highest BCUT2D eigenvalue weighted by Crippen LogP contribution is 2.27. The van der Waals surface area contributed by atoms with E-state index in [9.17, 15) is 13.7 Å². The van der Waals surface area contributed by atoms with E-state index in [1.54, 1.807) is 24.3 Å². The van der Waals surface area contributed by atoms with Gasteiger partial charge in [0, 0.05) is 19.6 Å². The second-order valence-corrected chi connectivity index (χ2v) is 14.2. The van der Waals surface area contributed by atoms with Gasteiger partial charge in [-0.25, -0.2) is 8.42 Å². The lowest BCUT2D eigenvalue weighted by Gasteiger charge is -2.46. The first-order valence-electron chi connectivity index (χ1n) is 8.91. The molecule has 6 nitrogen and oxygen atoms in total. The molecule has 1 aliphatic rings. The molecule has 0 aromatic heterocycles. The Bertz CT molecular complexity index is 768. The summed E-state index contributed by atoms with van der Waals surface area (Å²) < 4.78 is 33.6. The number of nitriles is 1. The molecule has 0 amide bonds. The van der Waals surface area contributed by atoms with Crippen LogP contribution in [0.3, 0.4) is 0 Å². The molecule has 0 unspecified atom stereocenters. The molecule has 0 radical (unpaired) electrons. The Morgan fingerprint density at radius 3 is 2.35 bits per heavy atom. The third-order valence-electron chi connectivity index (χ3n) is 4.66. The second-order valence-electron chi connectivity index (χ2n) is 7.78. The van der Waals surface area contributed by atoms with Crippen molar-refractivity contribution < 1.29 is 12.8 Å². The van der Waals surface area contributed by atoms with E-state index in [1.807, 2.05) is 18.7 Å². The fourth-order valence-corrected chi connectivity index (χ4v) is 5.21. The molecule has 2 rings (SSSR count). The predicted molar refractivity (Wildman–Crippen MR) is 105 cm³/mol. The van der Waals surface area contributed by atoms with Crippen LogP contribution in [-0.2, 0) is 14.4 Å². The van der Waals surface area contributed by atoms with Gasteiger partial charge in [0.15, 0.2) is 8.32 Å². The molecule has 144 valence electrons. The average molecular weight is 396 g/mol. The molecule has 8 heteroatoms. The number of nitrogens with zero attached hydrogens (tertiary/aromatic N) is 3. The summed E-state index contributed by atoms with van der Waals surface area (Å²) in [5, 5.41) is 9.95. The third kappa shape index (κ3) is 4.53. The number of hydrogen-bond donors (Lipinski definition) is 0. The highest BCUT2D eigenvalue weighted by molar-refractivity contribution is 7.89. The topological polar surface area (TPSA) is 73.6 Å². The van der Waals surface area contributed by atoms with Gasteiger partial charge in [-0.3, -0.25) is 4.90 Å². The molecule has 1 aromatic rings. The predicted octanol–water partition coefficient (Wildman–Crippen LogP) is 2.44. The van der Waals surface area contributed by atoms with E-state index in [4.69, 9.17) is 4.43 Å². The van der Waals surface area contributed by atoms with Gasteiger partial charge in [-0.05, 0) is 45.2 Å². The van der Waals surface area contributed by atoms with Crippen molar-refractivity contribution in [3.05, 3.63) is 29.8 Å².